The summed E-state index contributed by atoms with van der Waals surface area (Å²) in [6.45, 7) is 0.991. The predicted octanol–water partition coefficient (Wildman–Crippen LogP) is 0.401. The van der Waals surface area contributed by atoms with Gasteiger partial charge in [0.25, 0.3) is 0 Å². The van der Waals surface area contributed by atoms with Crippen LogP contribution in [0.3, 0.4) is 0 Å². The lowest BCUT2D eigenvalue weighted by Gasteiger charge is -2.41. The third-order valence-corrected chi connectivity index (χ3v) is 3.19. The second-order valence-corrected chi connectivity index (χ2v) is 4.13. The van der Waals surface area contributed by atoms with Gasteiger partial charge in [0.2, 0.25) is 0 Å². The van der Waals surface area contributed by atoms with E-state index in [1.165, 1.54) is 0 Å². The van der Waals surface area contributed by atoms with Crippen LogP contribution in [0.1, 0.15) is 5.56 Å². The lowest BCUT2D eigenvalue weighted by atomic mass is 9.87. The summed E-state index contributed by atoms with van der Waals surface area (Å²) in [5, 5.41) is 0. The van der Waals surface area contributed by atoms with Crippen molar-refractivity contribution in [2.75, 3.05) is 34.5 Å². The average Bonchev–Trinajstić information content (AvgIpc) is 2.37. The lowest BCUT2D eigenvalue weighted by Crippen LogP contribution is -2.60. The first-order valence-corrected chi connectivity index (χ1v) is 5.56. The van der Waals surface area contributed by atoms with Gasteiger partial charge in [-0.3, -0.25) is 5.84 Å². The van der Waals surface area contributed by atoms with Gasteiger partial charge in [0, 0.05) is 11.6 Å². The van der Waals surface area contributed by atoms with Crippen LogP contribution in [0.4, 0.5) is 0 Å². The smallest absolute Gasteiger partial charge is 0.164 e. The van der Waals surface area contributed by atoms with Crippen LogP contribution in [0.2, 0.25) is 0 Å². The molecule has 6 heteroatoms. The normalized spacial score (nSPS) is 16.9. The zero-order chi connectivity index (χ0) is 13.2. The molecular weight excluding hydrogens is 236 g/mol. The highest BCUT2D eigenvalue weighted by Gasteiger charge is 2.42. The van der Waals surface area contributed by atoms with Crippen molar-refractivity contribution < 1.29 is 18.9 Å². The van der Waals surface area contributed by atoms with E-state index < -0.39 is 5.54 Å². The number of methoxy groups -OCH3 is 3. The standard InChI is InChI=1S/C12H18N2O4/c1-15-9-5-11(17-3)10(16-2)4-8(9)12(14-13)6-18-7-12/h4-5,14H,6-7,13H2,1-3H3. The SMILES string of the molecule is COc1cc(OC)c(C2(NN)COC2)cc1OC. The molecule has 0 bridgehead atoms. The Kier molecular flexibility index (Phi) is 3.60. The van der Waals surface area contributed by atoms with Crippen molar-refractivity contribution in [3.8, 4) is 17.2 Å². The fourth-order valence-corrected chi connectivity index (χ4v) is 2.03. The quantitative estimate of drug-likeness (QED) is 0.585. The molecule has 1 aliphatic rings. The molecule has 0 saturated carbocycles. The van der Waals surface area contributed by atoms with E-state index in [-0.39, 0.29) is 0 Å². The van der Waals surface area contributed by atoms with Gasteiger partial charge in [0.1, 0.15) is 11.3 Å². The van der Waals surface area contributed by atoms with Crippen molar-refractivity contribution in [3.05, 3.63) is 17.7 Å². The summed E-state index contributed by atoms with van der Waals surface area (Å²) in [6.07, 6.45) is 0. The van der Waals surface area contributed by atoms with Crippen LogP contribution >= 0.6 is 0 Å². The zero-order valence-electron chi connectivity index (χ0n) is 10.8. The van der Waals surface area contributed by atoms with E-state index in [9.17, 15) is 0 Å². The molecule has 0 amide bonds. The van der Waals surface area contributed by atoms with Gasteiger partial charge in [-0.2, -0.15) is 0 Å². The Morgan fingerprint density at radius 2 is 1.61 bits per heavy atom. The first kappa shape index (κ1) is 12.9. The minimum Gasteiger partial charge on any atom is -0.496 e. The molecular formula is C12H18N2O4. The molecule has 1 aromatic rings. The predicted molar refractivity (Wildman–Crippen MR) is 65.9 cm³/mol. The van der Waals surface area contributed by atoms with E-state index in [0.29, 0.717) is 30.5 Å². The van der Waals surface area contributed by atoms with Gasteiger partial charge in [-0.1, -0.05) is 0 Å². The number of hydrogen-bond donors (Lipinski definition) is 2. The second-order valence-electron chi connectivity index (χ2n) is 4.13. The topological polar surface area (TPSA) is 75.0 Å². The summed E-state index contributed by atoms with van der Waals surface area (Å²) in [5.74, 6) is 7.57. The molecule has 18 heavy (non-hydrogen) atoms. The summed E-state index contributed by atoms with van der Waals surface area (Å²) in [7, 11) is 4.78. The van der Waals surface area contributed by atoms with E-state index >= 15 is 0 Å². The Morgan fingerprint density at radius 1 is 1.06 bits per heavy atom. The summed E-state index contributed by atoms with van der Waals surface area (Å²) < 4.78 is 21.2. The molecule has 6 nitrogen and oxygen atoms in total. The molecule has 0 aromatic heterocycles. The van der Waals surface area contributed by atoms with Crippen LogP contribution in [-0.4, -0.2) is 34.5 Å². The fraction of sp³-hybridized carbons (Fsp3) is 0.500. The molecule has 100 valence electrons. The van der Waals surface area contributed by atoms with Crippen molar-refractivity contribution in [3.63, 3.8) is 0 Å². The summed E-state index contributed by atoms with van der Waals surface area (Å²) in [5.41, 5.74) is 3.27. The van der Waals surface area contributed by atoms with E-state index in [1.807, 2.05) is 6.07 Å². The molecule has 0 atom stereocenters. The number of benzene rings is 1. The van der Waals surface area contributed by atoms with Crippen molar-refractivity contribution in [2.24, 2.45) is 5.84 Å². The molecule has 1 heterocycles. The Labute approximate surface area is 106 Å². The van der Waals surface area contributed by atoms with E-state index in [1.54, 1.807) is 27.4 Å². The number of nitrogens with two attached hydrogens (primary N) is 1. The van der Waals surface area contributed by atoms with E-state index in [4.69, 9.17) is 24.8 Å². The van der Waals surface area contributed by atoms with Crippen molar-refractivity contribution in [1.82, 2.24) is 5.43 Å². The van der Waals surface area contributed by atoms with Gasteiger partial charge in [0.15, 0.2) is 11.5 Å². The molecule has 2 rings (SSSR count). The molecule has 1 fully saturated rings. The lowest BCUT2D eigenvalue weighted by molar-refractivity contribution is -0.0796. The van der Waals surface area contributed by atoms with E-state index in [2.05, 4.69) is 5.43 Å². The fourth-order valence-electron chi connectivity index (χ4n) is 2.03. The van der Waals surface area contributed by atoms with Crippen LogP contribution in [0.15, 0.2) is 12.1 Å². The number of ether oxygens (including phenoxy) is 4. The minimum atomic E-state index is -0.426. The maximum atomic E-state index is 5.63. The third kappa shape index (κ3) is 1.88. The molecule has 3 N–H and O–H groups in total. The van der Waals surface area contributed by atoms with Crippen LogP contribution in [-0.2, 0) is 10.3 Å². The Bertz CT molecular complexity index is 427. The molecule has 0 spiro atoms. The monoisotopic (exact) mass is 254 g/mol. The molecule has 1 saturated heterocycles. The second kappa shape index (κ2) is 5.01. The highest BCUT2D eigenvalue weighted by atomic mass is 16.5. The molecule has 1 aromatic carbocycles. The van der Waals surface area contributed by atoms with Crippen molar-refractivity contribution in [1.29, 1.82) is 0 Å². The van der Waals surface area contributed by atoms with Gasteiger partial charge in [-0.25, -0.2) is 5.43 Å². The van der Waals surface area contributed by atoms with Gasteiger partial charge in [-0.05, 0) is 6.07 Å². The number of nitrogens with one attached hydrogen (secondary N) is 1. The highest BCUT2D eigenvalue weighted by Crippen LogP contribution is 2.41. The van der Waals surface area contributed by atoms with Gasteiger partial charge in [0.05, 0.1) is 34.5 Å². The first-order valence-electron chi connectivity index (χ1n) is 5.56. The zero-order valence-corrected chi connectivity index (χ0v) is 10.8. The van der Waals surface area contributed by atoms with Crippen LogP contribution in [0.25, 0.3) is 0 Å². The minimum absolute atomic E-state index is 0.426. The highest BCUT2D eigenvalue weighted by molar-refractivity contribution is 5.53. The third-order valence-electron chi connectivity index (χ3n) is 3.19. The molecule has 0 aliphatic carbocycles. The first-order chi connectivity index (χ1) is 8.70. The molecule has 0 unspecified atom stereocenters. The Morgan fingerprint density at radius 3 is 2.00 bits per heavy atom. The summed E-state index contributed by atoms with van der Waals surface area (Å²) in [6, 6.07) is 3.64. The molecule has 1 aliphatic heterocycles. The van der Waals surface area contributed by atoms with Crippen molar-refractivity contribution in [2.45, 2.75) is 5.54 Å². The van der Waals surface area contributed by atoms with Crippen molar-refractivity contribution >= 4 is 0 Å². The summed E-state index contributed by atoms with van der Waals surface area (Å²) >= 11 is 0. The molecule has 0 radical (unpaired) electrons. The van der Waals surface area contributed by atoms with Crippen LogP contribution in [0, 0.1) is 0 Å². The van der Waals surface area contributed by atoms with Crippen LogP contribution in [0.5, 0.6) is 17.2 Å². The average molecular weight is 254 g/mol. The van der Waals surface area contributed by atoms with Crippen LogP contribution < -0.4 is 25.5 Å². The largest absolute Gasteiger partial charge is 0.496 e. The maximum Gasteiger partial charge on any atom is 0.164 e. The van der Waals surface area contributed by atoms with Gasteiger partial charge in [-0.15, -0.1) is 0 Å². The Balaban J connectivity index is 2.51. The number of rotatable bonds is 5. The van der Waals surface area contributed by atoms with E-state index in [0.717, 1.165) is 5.56 Å². The van der Waals surface area contributed by atoms with Gasteiger partial charge >= 0.3 is 0 Å². The Hall–Kier alpha value is -1.50. The van der Waals surface area contributed by atoms with Gasteiger partial charge < -0.3 is 18.9 Å². The maximum absolute atomic E-state index is 5.63. The number of hydrazine groups is 1. The summed E-state index contributed by atoms with van der Waals surface area (Å²) in [4.78, 5) is 0. The number of hydrogen-bond acceptors (Lipinski definition) is 6.